The Morgan fingerprint density at radius 1 is 1.33 bits per heavy atom. The van der Waals surface area contributed by atoms with Crippen molar-refractivity contribution in [2.75, 3.05) is 21.3 Å². The normalized spacial score (nSPS) is 8.67. The van der Waals surface area contributed by atoms with Crippen LogP contribution in [0.3, 0.4) is 0 Å². The van der Waals surface area contributed by atoms with Gasteiger partial charge in [-0.25, -0.2) is 4.79 Å². The highest BCUT2D eigenvalue weighted by molar-refractivity contribution is 6.36. The summed E-state index contributed by atoms with van der Waals surface area (Å²) in [5.74, 6) is -0.981. The molecular formula is C6H14O5Si. The van der Waals surface area contributed by atoms with Crippen molar-refractivity contribution in [3.8, 4) is 0 Å². The number of rotatable bonds is 4. The Balaban J connectivity index is 0. The maximum atomic E-state index is 9.25. The van der Waals surface area contributed by atoms with Crippen molar-refractivity contribution in [1.29, 1.82) is 0 Å². The van der Waals surface area contributed by atoms with Crippen LogP contribution in [0.15, 0.2) is 12.7 Å². The molecule has 0 aliphatic heterocycles. The molecule has 0 aromatic heterocycles. The Morgan fingerprint density at radius 3 is 1.58 bits per heavy atom. The van der Waals surface area contributed by atoms with E-state index >= 15 is 0 Å². The van der Waals surface area contributed by atoms with E-state index in [1.54, 1.807) is 21.3 Å². The van der Waals surface area contributed by atoms with E-state index in [1.165, 1.54) is 0 Å². The molecule has 0 rings (SSSR count). The standard InChI is InChI=1S/C3H10O3Si.C3H4O2/c1-4-7(5-2)6-3;1-2-3(4)5/h7H,1-3H3;2H,1H2,(H,4,5). The summed E-state index contributed by atoms with van der Waals surface area (Å²) in [6.45, 7) is 2.96. The van der Waals surface area contributed by atoms with Crippen LogP contribution in [0.1, 0.15) is 0 Å². The summed E-state index contributed by atoms with van der Waals surface area (Å²) in [6.07, 6.45) is 0.833. The fraction of sp³-hybridized carbons (Fsp3) is 0.500. The average Bonchev–Trinajstić information content (AvgIpc) is 2.09. The van der Waals surface area contributed by atoms with Gasteiger partial charge in [-0.3, -0.25) is 0 Å². The van der Waals surface area contributed by atoms with Crippen molar-refractivity contribution in [2.24, 2.45) is 0 Å². The fourth-order valence-electron chi connectivity index (χ4n) is 0.289. The molecule has 0 heterocycles. The molecule has 0 fully saturated rings. The predicted octanol–water partition coefficient (Wildman–Crippen LogP) is -0.100. The van der Waals surface area contributed by atoms with E-state index in [4.69, 9.17) is 18.4 Å². The first kappa shape index (κ1) is 13.9. The van der Waals surface area contributed by atoms with Crippen LogP contribution in [-0.2, 0) is 18.1 Å². The minimum Gasteiger partial charge on any atom is -0.478 e. The molecule has 6 heteroatoms. The fourth-order valence-corrected chi connectivity index (χ4v) is 0.866. The number of carboxylic acid groups (broad SMARTS) is 1. The lowest BCUT2D eigenvalue weighted by atomic mass is 10.7. The first-order valence-corrected chi connectivity index (χ1v) is 4.47. The van der Waals surface area contributed by atoms with Gasteiger partial charge in [0.05, 0.1) is 0 Å². The largest absolute Gasteiger partial charge is 0.483 e. The maximum Gasteiger partial charge on any atom is 0.483 e. The topological polar surface area (TPSA) is 65.0 Å². The van der Waals surface area contributed by atoms with Crippen LogP contribution >= 0.6 is 0 Å². The summed E-state index contributed by atoms with van der Waals surface area (Å²) in [5.41, 5.74) is 0. The number of carboxylic acids is 1. The summed E-state index contributed by atoms with van der Waals surface area (Å²) in [5, 5.41) is 7.60. The highest BCUT2D eigenvalue weighted by Gasteiger charge is 2.04. The Bertz CT molecular complexity index is 118. The lowest BCUT2D eigenvalue weighted by Gasteiger charge is -2.05. The van der Waals surface area contributed by atoms with Gasteiger partial charge in [0.2, 0.25) is 0 Å². The molecule has 5 nitrogen and oxygen atoms in total. The van der Waals surface area contributed by atoms with Gasteiger partial charge in [-0.15, -0.1) is 0 Å². The van der Waals surface area contributed by atoms with E-state index in [0.717, 1.165) is 6.08 Å². The Hall–Kier alpha value is -0.693. The molecule has 0 atom stereocenters. The third-order valence-corrected chi connectivity index (χ3v) is 1.91. The van der Waals surface area contributed by atoms with Crippen molar-refractivity contribution >= 4 is 15.5 Å². The van der Waals surface area contributed by atoms with E-state index in [-0.39, 0.29) is 0 Å². The zero-order chi connectivity index (χ0) is 9.98. The number of carbonyl (C=O) groups is 1. The van der Waals surface area contributed by atoms with Gasteiger partial charge in [0.15, 0.2) is 0 Å². The van der Waals surface area contributed by atoms with Crippen LogP contribution in [0, 0.1) is 0 Å². The molecule has 0 aromatic carbocycles. The van der Waals surface area contributed by atoms with Crippen molar-refractivity contribution in [2.45, 2.75) is 0 Å². The lowest BCUT2D eigenvalue weighted by molar-refractivity contribution is -0.131. The van der Waals surface area contributed by atoms with Crippen molar-refractivity contribution in [1.82, 2.24) is 0 Å². The second-order valence-electron chi connectivity index (χ2n) is 1.54. The Kier molecular flexibility index (Phi) is 11.9. The van der Waals surface area contributed by atoms with E-state index < -0.39 is 15.5 Å². The molecule has 0 unspecified atom stereocenters. The van der Waals surface area contributed by atoms with Crippen molar-refractivity contribution in [3.63, 3.8) is 0 Å². The first-order chi connectivity index (χ1) is 5.62. The first-order valence-electron chi connectivity index (χ1n) is 3.06. The summed E-state index contributed by atoms with van der Waals surface area (Å²) in [6, 6.07) is 0. The maximum absolute atomic E-state index is 9.25. The van der Waals surface area contributed by atoms with Gasteiger partial charge in [-0.1, -0.05) is 6.58 Å². The lowest BCUT2D eigenvalue weighted by Crippen LogP contribution is -2.21. The molecule has 0 bridgehead atoms. The molecule has 0 saturated carbocycles. The number of aliphatic carboxylic acids is 1. The van der Waals surface area contributed by atoms with Crippen molar-refractivity contribution < 1.29 is 23.2 Å². The molecule has 0 aliphatic carbocycles. The smallest absolute Gasteiger partial charge is 0.478 e. The summed E-state index contributed by atoms with van der Waals surface area (Å²) in [4.78, 5) is 9.25. The molecule has 0 saturated heterocycles. The molecule has 72 valence electrons. The van der Waals surface area contributed by atoms with Crippen molar-refractivity contribution in [3.05, 3.63) is 12.7 Å². The van der Waals surface area contributed by atoms with Gasteiger partial charge in [-0.05, 0) is 0 Å². The highest BCUT2D eigenvalue weighted by Crippen LogP contribution is 1.81. The van der Waals surface area contributed by atoms with Crippen LogP contribution in [-0.4, -0.2) is 41.9 Å². The average molecular weight is 194 g/mol. The highest BCUT2D eigenvalue weighted by atomic mass is 28.3. The van der Waals surface area contributed by atoms with E-state index in [2.05, 4.69) is 6.58 Å². The zero-order valence-corrected chi connectivity index (χ0v) is 8.60. The third-order valence-electron chi connectivity index (χ3n) is 0.752. The van der Waals surface area contributed by atoms with Gasteiger partial charge in [0.25, 0.3) is 0 Å². The van der Waals surface area contributed by atoms with Crippen LogP contribution in [0.2, 0.25) is 0 Å². The summed E-state index contributed by atoms with van der Waals surface area (Å²) in [7, 11) is 3.05. The van der Waals surface area contributed by atoms with Gasteiger partial charge in [-0.2, -0.15) is 0 Å². The van der Waals surface area contributed by atoms with Crippen LogP contribution in [0.5, 0.6) is 0 Å². The van der Waals surface area contributed by atoms with E-state index in [1.807, 2.05) is 0 Å². The van der Waals surface area contributed by atoms with Crippen LogP contribution in [0.25, 0.3) is 0 Å². The van der Waals surface area contributed by atoms with Gasteiger partial charge >= 0.3 is 15.5 Å². The Morgan fingerprint density at radius 2 is 1.58 bits per heavy atom. The molecule has 0 amide bonds. The summed E-state index contributed by atoms with van der Waals surface area (Å²) >= 11 is 0. The van der Waals surface area contributed by atoms with E-state index in [9.17, 15) is 4.79 Å². The second kappa shape index (κ2) is 10.3. The van der Waals surface area contributed by atoms with Gasteiger partial charge < -0.3 is 18.4 Å². The molecule has 1 N–H and O–H groups in total. The second-order valence-corrected chi connectivity index (χ2v) is 3.53. The Labute approximate surface area is 73.5 Å². The molecule has 0 aliphatic rings. The predicted molar refractivity (Wildman–Crippen MR) is 46.0 cm³/mol. The van der Waals surface area contributed by atoms with Crippen LogP contribution < -0.4 is 0 Å². The molecule has 0 aromatic rings. The third kappa shape index (κ3) is 12.0. The quantitative estimate of drug-likeness (QED) is 0.500. The summed E-state index contributed by atoms with van der Waals surface area (Å²) < 4.78 is 14.2. The number of hydrogen-bond acceptors (Lipinski definition) is 4. The minimum absolute atomic E-state index is 0.833. The van der Waals surface area contributed by atoms with Gasteiger partial charge in [0.1, 0.15) is 0 Å². The molecule has 0 spiro atoms. The minimum atomic E-state index is -1.67. The SMILES string of the molecule is C=CC(=O)O.CO[SiH](OC)OC. The molecular weight excluding hydrogens is 180 g/mol. The van der Waals surface area contributed by atoms with E-state index in [0.29, 0.717) is 0 Å². The monoisotopic (exact) mass is 194 g/mol. The number of hydrogen-bond donors (Lipinski definition) is 1. The molecule has 12 heavy (non-hydrogen) atoms. The zero-order valence-electron chi connectivity index (χ0n) is 7.44. The van der Waals surface area contributed by atoms with Gasteiger partial charge in [0, 0.05) is 27.4 Å². The molecule has 0 radical (unpaired) electrons. The van der Waals surface area contributed by atoms with Crippen LogP contribution in [0.4, 0.5) is 0 Å².